The van der Waals surface area contributed by atoms with E-state index in [-0.39, 0.29) is 11.9 Å². The van der Waals surface area contributed by atoms with Gasteiger partial charge >= 0.3 is 6.03 Å². The van der Waals surface area contributed by atoms with Crippen molar-refractivity contribution < 1.29 is 14.3 Å². The Labute approximate surface area is 125 Å². The van der Waals surface area contributed by atoms with Gasteiger partial charge in [-0.2, -0.15) is 0 Å². The van der Waals surface area contributed by atoms with Crippen molar-refractivity contribution in [1.82, 2.24) is 5.32 Å². The molecule has 0 radical (unpaired) electrons. The van der Waals surface area contributed by atoms with Crippen LogP contribution in [-0.2, 0) is 9.53 Å². The number of nitrogens with one attached hydrogen (secondary N) is 3. The molecule has 1 aromatic rings. The topological polar surface area (TPSA) is 79.5 Å². The zero-order valence-electron chi connectivity index (χ0n) is 12.8. The summed E-state index contributed by atoms with van der Waals surface area (Å²) >= 11 is 0. The minimum absolute atomic E-state index is 0.148. The maximum absolute atomic E-state index is 11.8. The Morgan fingerprint density at radius 1 is 1.24 bits per heavy atom. The molecule has 1 aromatic carbocycles. The summed E-state index contributed by atoms with van der Waals surface area (Å²) in [6.45, 7) is 7.14. The molecule has 0 atom stereocenters. The van der Waals surface area contributed by atoms with Gasteiger partial charge in [0.2, 0.25) is 5.91 Å². The van der Waals surface area contributed by atoms with Gasteiger partial charge in [0.05, 0.1) is 0 Å². The Morgan fingerprint density at radius 2 is 2.00 bits per heavy atom. The molecular formula is C15H23N3O3. The smallest absolute Gasteiger partial charge is 0.319 e. The zero-order valence-corrected chi connectivity index (χ0v) is 12.8. The largest absolute Gasteiger partial charge is 0.382 e. The van der Waals surface area contributed by atoms with Gasteiger partial charge in [-0.1, -0.05) is 6.07 Å². The van der Waals surface area contributed by atoms with Gasteiger partial charge in [-0.3, -0.25) is 4.79 Å². The quantitative estimate of drug-likeness (QED) is 0.676. The van der Waals surface area contributed by atoms with Crippen molar-refractivity contribution >= 4 is 23.3 Å². The first-order chi connectivity index (χ1) is 10.0. The fraction of sp³-hybridized carbons (Fsp3) is 0.467. The number of urea groups is 1. The van der Waals surface area contributed by atoms with Crippen molar-refractivity contribution in [3.05, 3.63) is 23.8 Å². The average Bonchev–Trinajstić information content (AvgIpc) is 2.42. The van der Waals surface area contributed by atoms with Crippen LogP contribution in [0.3, 0.4) is 0 Å². The monoisotopic (exact) mass is 293 g/mol. The number of ether oxygens (including phenoxy) is 1. The molecular weight excluding hydrogens is 270 g/mol. The van der Waals surface area contributed by atoms with Gasteiger partial charge in [0, 0.05) is 38.1 Å². The van der Waals surface area contributed by atoms with Crippen LogP contribution < -0.4 is 16.0 Å². The van der Waals surface area contributed by atoms with Crippen LogP contribution in [0.15, 0.2) is 18.2 Å². The lowest BCUT2D eigenvalue weighted by Crippen LogP contribution is -2.30. The van der Waals surface area contributed by atoms with E-state index in [0.29, 0.717) is 31.1 Å². The molecule has 21 heavy (non-hydrogen) atoms. The fourth-order valence-corrected chi connectivity index (χ4v) is 1.72. The highest BCUT2D eigenvalue weighted by Crippen LogP contribution is 2.20. The standard InChI is InChI=1S/C15H23N3O3/c1-4-21-9-5-8-16-15(20)18-14-10-13(17-12(3)19)7-6-11(14)2/h6-7,10H,4-5,8-9H2,1-3H3,(H,17,19)(H2,16,18,20). The first-order valence-corrected chi connectivity index (χ1v) is 7.03. The van der Waals surface area contributed by atoms with Crippen LogP contribution in [0.25, 0.3) is 0 Å². The molecule has 1 rings (SSSR count). The molecule has 0 aromatic heterocycles. The number of carbonyl (C=O) groups excluding carboxylic acids is 2. The molecule has 116 valence electrons. The number of rotatable bonds is 7. The van der Waals surface area contributed by atoms with Gasteiger partial charge in [0.1, 0.15) is 0 Å². The summed E-state index contributed by atoms with van der Waals surface area (Å²) in [6.07, 6.45) is 0.770. The molecule has 0 bridgehead atoms. The molecule has 0 saturated carbocycles. The zero-order chi connectivity index (χ0) is 15.7. The molecule has 0 aliphatic heterocycles. The van der Waals surface area contributed by atoms with Gasteiger partial charge < -0.3 is 20.7 Å². The fourth-order valence-electron chi connectivity index (χ4n) is 1.72. The van der Waals surface area contributed by atoms with E-state index in [1.807, 2.05) is 19.9 Å². The average molecular weight is 293 g/mol. The van der Waals surface area contributed by atoms with Crippen LogP contribution in [0.1, 0.15) is 25.8 Å². The van der Waals surface area contributed by atoms with Gasteiger partial charge in [0.15, 0.2) is 0 Å². The van der Waals surface area contributed by atoms with E-state index >= 15 is 0 Å². The van der Waals surface area contributed by atoms with E-state index in [0.717, 1.165) is 12.0 Å². The Morgan fingerprint density at radius 3 is 2.67 bits per heavy atom. The van der Waals surface area contributed by atoms with Crippen molar-refractivity contribution in [2.45, 2.75) is 27.2 Å². The summed E-state index contributed by atoms with van der Waals surface area (Å²) in [6, 6.07) is 5.10. The van der Waals surface area contributed by atoms with Crippen molar-refractivity contribution in [1.29, 1.82) is 0 Å². The first kappa shape index (κ1) is 17.0. The normalized spacial score (nSPS) is 10.0. The second-order valence-corrected chi connectivity index (χ2v) is 4.64. The summed E-state index contributed by atoms with van der Waals surface area (Å²) in [5.74, 6) is -0.148. The molecule has 0 heterocycles. The summed E-state index contributed by atoms with van der Waals surface area (Å²) < 4.78 is 5.19. The van der Waals surface area contributed by atoms with Crippen LogP contribution in [-0.4, -0.2) is 31.7 Å². The third kappa shape index (κ3) is 6.76. The number of carbonyl (C=O) groups is 2. The van der Waals surface area contributed by atoms with Gasteiger partial charge in [-0.25, -0.2) is 4.79 Å². The van der Waals surface area contributed by atoms with E-state index in [4.69, 9.17) is 4.74 Å². The van der Waals surface area contributed by atoms with Crippen molar-refractivity contribution in [3.8, 4) is 0 Å². The van der Waals surface area contributed by atoms with E-state index in [1.54, 1.807) is 12.1 Å². The molecule has 3 N–H and O–H groups in total. The number of hydrogen-bond acceptors (Lipinski definition) is 3. The molecule has 6 nitrogen and oxygen atoms in total. The number of anilines is 2. The molecule has 0 aliphatic rings. The summed E-state index contributed by atoms with van der Waals surface area (Å²) in [4.78, 5) is 22.8. The number of amides is 3. The minimum atomic E-state index is -0.269. The Hall–Kier alpha value is -2.08. The predicted octanol–water partition coefficient (Wildman–Crippen LogP) is 2.50. The summed E-state index contributed by atoms with van der Waals surface area (Å²) in [5, 5.41) is 8.22. The highest BCUT2D eigenvalue weighted by molar-refractivity contribution is 5.93. The first-order valence-electron chi connectivity index (χ1n) is 7.03. The summed E-state index contributed by atoms with van der Waals surface area (Å²) in [7, 11) is 0. The molecule has 3 amide bonds. The molecule has 0 spiro atoms. The molecule has 0 unspecified atom stereocenters. The lowest BCUT2D eigenvalue weighted by atomic mass is 10.2. The number of benzene rings is 1. The van der Waals surface area contributed by atoms with Crippen LogP contribution in [0.5, 0.6) is 0 Å². The summed E-state index contributed by atoms with van der Waals surface area (Å²) in [5.41, 5.74) is 2.25. The van der Waals surface area contributed by atoms with Crippen molar-refractivity contribution in [2.24, 2.45) is 0 Å². The second kappa shape index (κ2) is 8.97. The molecule has 0 saturated heterocycles. The molecule has 6 heteroatoms. The van der Waals surface area contributed by atoms with Gasteiger partial charge in [-0.05, 0) is 38.0 Å². The van der Waals surface area contributed by atoms with Gasteiger partial charge in [0.25, 0.3) is 0 Å². The predicted molar refractivity (Wildman–Crippen MR) is 83.6 cm³/mol. The van der Waals surface area contributed by atoms with Crippen LogP contribution in [0.4, 0.5) is 16.2 Å². The van der Waals surface area contributed by atoms with Crippen LogP contribution >= 0.6 is 0 Å². The molecule has 0 aliphatic carbocycles. The Bertz CT molecular complexity index is 489. The second-order valence-electron chi connectivity index (χ2n) is 4.64. The lowest BCUT2D eigenvalue weighted by molar-refractivity contribution is -0.114. The SMILES string of the molecule is CCOCCCNC(=O)Nc1cc(NC(C)=O)ccc1C. The Kier molecular flexibility index (Phi) is 7.25. The van der Waals surface area contributed by atoms with E-state index in [2.05, 4.69) is 16.0 Å². The van der Waals surface area contributed by atoms with Gasteiger partial charge in [-0.15, -0.1) is 0 Å². The molecule has 0 fully saturated rings. The van der Waals surface area contributed by atoms with E-state index < -0.39 is 0 Å². The number of aryl methyl sites for hydroxylation is 1. The number of hydrogen-bond donors (Lipinski definition) is 3. The third-order valence-corrected chi connectivity index (χ3v) is 2.76. The minimum Gasteiger partial charge on any atom is -0.382 e. The maximum atomic E-state index is 11.8. The van der Waals surface area contributed by atoms with E-state index in [1.165, 1.54) is 6.92 Å². The highest BCUT2D eigenvalue weighted by atomic mass is 16.5. The Balaban J connectivity index is 2.49. The van der Waals surface area contributed by atoms with Crippen LogP contribution in [0.2, 0.25) is 0 Å². The van der Waals surface area contributed by atoms with Crippen LogP contribution in [0, 0.1) is 6.92 Å². The highest BCUT2D eigenvalue weighted by Gasteiger charge is 2.05. The lowest BCUT2D eigenvalue weighted by Gasteiger charge is -2.12. The van der Waals surface area contributed by atoms with Crippen molar-refractivity contribution in [3.63, 3.8) is 0 Å². The van der Waals surface area contributed by atoms with E-state index in [9.17, 15) is 9.59 Å². The maximum Gasteiger partial charge on any atom is 0.319 e. The third-order valence-electron chi connectivity index (χ3n) is 2.76. The van der Waals surface area contributed by atoms with Crippen molar-refractivity contribution in [2.75, 3.05) is 30.4 Å².